The second kappa shape index (κ2) is 6.43. The smallest absolute Gasteiger partial charge is 0.344 e. The molecule has 0 spiro atoms. The van der Waals surface area contributed by atoms with Crippen molar-refractivity contribution in [2.75, 3.05) is 13.7 Å². The molecule has 2 aromatic rings. The Balaban J connectivity index is 2.09. The summed E-state index contributed by atoms with van der Waals surface area (Å²) in [4.78, 5) is 13.9. The molecule has 0 atom stereocenters. The minimum absolute atomic E-state index is 0.199. The predicted molar refractivity (Wildman–Crippen MR) is 77.1 cm³/mol. The highest BCUT2D eigenvalue weighted by Crippen LogP contribution is 2.14. The van der Waals surface area contributed by atoms with Crippen molar-refractivity contribution >= 4 is 17.6 Å². The Labute approximate surface area is 122 Å². The standard InChI is InChI=1S/C14H16ClN3O2/c1-3-17(14(19)18-10-12(15)8-16-18)9-11-4-6-13(20-2)7-5-11/h4-8,10H,3,9H2,1-2H3. The first-order valence-corrected chi connectivity index (χ1v) is 6.64. The molecule has 0 N–H and O–H groups in total. The second-order valence-corrected chi connectivity index (χ2v) is 4.68. The van der Waals surface area contributed by atoms with Crippen molar-refractivity contribution in [3.8, 4) is 5.75 Å². The minimum atomic E-state index is -0.199. The molecular weight excluding hydrogens is 278 g/mol. The van der Waals surface area contributed by atoms with E-state index in [1.165, 1.54) is 17.1 Å². The summed E-state index contributed by atoms with van der Waals surface area (Å²) in [5, 5.41) is 4.37. The van der Waals surface area contributed by atoms with Crippen molar-refractivity contribution in [2.45, 2.75) is 13.5 Å². The van der Waals surface area contributed by atoms with E-state index < -0.39 is 0 Å². The van der Waals surface area contributed by atoms with Crippen LogP contribution >= 0.6 is 11.6 Å². The summed E-state index contributed by atoms with van der Waals surface area (Å²) < 4.78 is 6.36. The lowest BCUT2D eigenvalue weighted by atomic mass is 10.2. The van der Waals surface area contributed by atoms with Crippen LogP contribution in [0.25, 0.3) is 0 Å². The van der Waals surface area contributed by atoms with Crippen molar-refractivity contribution in [2.24, 2.45) is 0 Å². The Morgan fingerprint density at radius 3 is 2.60 bits per heavy atom. The topological polar surface area (TPSA) is 47.4 Å². The fraction of sp³-hybridized carbons (Fsp3) is 0.286. The molecule has 5 nitrogen and oxygen atoms in total. The van der Waals surface area contributed by atoms with Gasteiger partial charge in [0.05, 0.1) is 24.5 Å². The monoisotopic (exact) mass is 293 g/mol. The molecule has 0 bridgehead atoms. The van der Waals surface area contributed by atoms with Crippen molar-refractivity contribution < 1.29 is 9.53 Å². The Kier molecular flexibility index (Phi) is 4.63. The van der Waals surface area contributed by atoms with Gasteiger partial charge >= 0.3 is 6.03 Å². The van der Waals surface area contributed by atoms with Crippen LogP contribution in [0.4, 0.5) is 4.79 Å². The highest BCUT2D eigenvalue weighted by molar-refractivity contribution is 6.30. The lowest BCUT2D eigenvalue weighted by Crippen LogP contribution is -2.34. The highest BCUT2D eigenvalue weighted by atomic mass is 35.5. The molecule has 0 saturated heterocycles. The number of halogens is 1. The van der Waals surface area contributed by atoms with Crippen LogP contribution < -0.4 is 4.74 Å². The lowest BCUT2D eigenvalue weighted by Gasteiger charge is -2.20. The average Bonchev–Trinajstić information content (AvgIpc) is 2.91. The predicted octanol–water partition coefficient (Wildman–Crippen LogP) is 3.04. The van der Waals surface area contributed by atoms with Crippen LogP contribution in [-0.4, -0.2) is 34.4 Å². The Bertz CT molecular complexity index is 580. The van der Waals surface area contributed by atoms with Gasteiger partial charge in [-0.3, -0.25) is 0 Å². The largest absolute Gasteiger partial charge is 0.497 e. The second-order valence-electron chi connectivity index (χ2n) is 4.25. The zero-order valence-corrected chi connectivity index (χ0v) is 12.2. The third-order valence-corrected chi connectivity index (χ3v) is 3.13. The van der Waals surface area contributed by atoms with Gasteiger partial charge in [-0.15, -0.1) is 0 Å². The van der Waals surface area contributed by atoms with Gasteiger partial charge in [0.25, 0.3) is 0 Å². The molecule has 0 aliphatic carbocycles. The maximum atomic E-state index is 12.3. The molecule has 0 unspecified atom stereocenters. The third kappa shape index (κ3) is 3.30. The van der Waals surface area contributed by atoms with Crippen LogP contribution in [0.2, 0.25) is 5.02 Å². The van der Waals surface area contributed by atoms with Gasteiger partial charge in [0.1, 0.15) is 5.75 Å². The molecule has 0 aliphatic rings. The van der Waals surface area contributed by atoms with E-state index in [-0.39, 0.29) is 6.03 Å². The number of aromatic nitrogens is 2. The van der Waals surface area contributed by atoms with Crippen molar-refractivity contribution in [3.05, 3.63) is 47.2 Å². The Hall–Kier alpha value is -2.01. The number of hydrogen-bond donors (Lipinski definition) is 0. The maximum absolute atomic E-state index is 12.3. The molecule has 0 saturated carbocycles. The number of benzene rings is 1. The number of rotatable bonds is 4. The van der Waals surface area contributed by atoms with Gasteiger partial charge in [-0.2, -0.15) is 9.78 Å². The van der Waals surface area contributed by atoms with E-state index in [0.717, 1.165) is 11.3 Å². The number of hydrogen-bond acceptors (Lipinski definition) is 3. The number of methoxy groups -OCH3 is 1. The summed E-state index contributed by atoms with van der Waals surface area (Å²) in [6.45, 7) is 3.02. The van der Waals surface area contributed by atoms with Crippen molar-refractivity contribution in [1.82, 2.24) is 14.7 Å². The van der Waals surface area contributed by atoms with Crippen molar-refractivity contribution in [3.63, 3.8) is 0 Å². The zero-order chi connectivity index (χ0) is 14.5. The number of ether oxygens (including phenoxy) is 1. The molecule has 106 valence electrons. The van der Waals surface area contributed by atoms with Gasteiger partial charge in [0.2, 0.25) is 0 Å². The van der Waals surface area contributed by atoms with Crippen LogP contribution in [-0.2, 0) is 6.54 Å². The van der Waals surface area contributed by atoms with Gasteiger partial charge < -0.3 is 9.64 Å². The maximum Gasteiger partial charge on any atom is 0.344 e. The molecule has 20 heavy (non-hydrogen) atoms. The summed E-state index contributed by atoms with van der Waals surface area (Å²) in [7, 11) is 1.62. The first-order valence-electron chi connectivity index (χ1n) is 6.26. The molecule has 1 aromatic heterocycles. The lowest BCUT2D eigenvalue weighted by molar-refractivity contribution is 0.196. The Morgan fingerprint density at radius 1 is 1.40 bits per heavy atom. The fourth-order valence-electron chi connectivity index (χ4n) is 1.82. The van der Waals surface area contributed by atoms with Crippen molar-refractivity contribution in [1.29, 1.82) is 0 Å². The van der Waals surface area contributed by atoms with Crippen LogP contribution in [0.15, 0.2) is 36.7 Å². The van der Waals surface area contributed by atoms with Gasteiger partial charge in [0, 0.05) is 13.1 Å². The zero-order valence-electron chi connectivity index (χ0n) is 11.4. The first kappa shape index (κ1) is 14.4. The van der Waals surface area contributed by atoms with E-state index in [9.17, 15) is 4.79 Å². The number of carbonyl (C=O) groups excluding carboxylic acids is 1. The van der Waals surface area contributed by atoms with Crippen LogP contribution in [0.1, 0.15) is 12.5 Å². The van der Waals surface area contributed by atoms with Crippen LogP contribution in [0, 0.1) is 0 Å². The summed E-state index contributed by atoms with van der Waals surface area (Å²) in [5.41, 5.74) is 1.03. The summed E-state index contributed by atoms with van der Waals surface area (Å²) in [6.07, 6.45) is 2.95. The molecule has 0 radical (unpaired) electrons. The molecule has 1 amide bonds. The molecule has 6 heteroatoms. The van der Waals surface area contributed by atoms with E-state index in [4.69, 9.17) is 16.3 Å². The normalized spacial score (nSPS) is 10.3. The average molecular weight is 294 g/mol. The van der Waals surface area contributed by atoms with Gasteiger partial charge in [-0.1, -0.05) is 23.7 Å². The van der Waals surface area contributed by atoms with E-state index in [1.807, 2.05) is 31.2 Å². The quantitative estimate of drug-likeness (QED) is 0.870. The summed E-state index contributed by atoms with van der Waals surface area (Å²) >= 11 is 5.78. The molecule has 1 aromatic carbocycles. The van der Waals surface area contributed by atoms with E-state index in [1.54, 1.807) is 12.0 Å². The first-order chi connectivity index (χ1) is 9.63. The van der Waals surface area contributed by atoms with E-state index in [0.29, 0.717) is 18.1 Å². The summed E-state index contributed by atoms with van der Waals surface area (Å²) in [5.74, 6) is 0.794. The molecule has 1 heterocycles. The molecule has 0 fully saturated rings. The molecular formula is C14H16ClN3O2. The highest BCUT2D eigenvalue weighted by Gasteiger charge is 2.15. The SMILES string of the molecule is CCN(Cc1ccc(OC)cc1)C(=O)n1cc(Cl)cn1. The minimum Gasteiger partial charge on any atom is -0.497 e. The van der Waals surface area contributed by atoms with E-state index in [2.05, 4.69) is 5.10 Å². The number of amides is 1. The molecule has 2 rings (SSSR count). The van der Waals surface area contributed by atoms with Crippen LogP contribution in [0.5, 0.6) is 5.75 Å². The van der Waals surface area contributed by atoms with Gasteiger partial charge in [0.15, 0.2) is 0 Å². The van der Waals surface area contributed by atoms with Crippen LogP contribution in [0.3, 0.4) is 0 Å². The van der Waals surface area contributed by atoms with Gasteiger partial charge in [-0.25, -0.2) is 4.79 Å². The van der Waals surface area contributed by atoms with E-state index >= 15 is 0 Å². The molecule has 0 aliphatic heterocycles. The number of carbonyl (C=O) groups is 1. The van der Waals surface area contributed by atoms with Gasteiger partial charge in [-0.05, 0) is 24.6 Å². The fourth-order valence-corrected chi connectivity index (χ4v) is 1.95. The Morgan fingerprint density at radius 2 is 2.10 bits per heavy atom. The third-order valence-electron chi connectivity index (χ3n) is 2.93. The summed E-state index contributed by atoms with van der Waals surface area (Å²) in [6, 6.07) is 7.42. The number of nitrogens with zero attached hydrogens (tertiary/aromatic N) is 3.